The average molecular weight is 432 g/mol. The molecule has 0 saturated carbocycles. The number of aromatic nitrogens is 1. The van der Waals surface area contributed by atoms with E-state index in [1.54, 1.807) is 23.1 Å². The first kappa shape index (κ1) is 20.7. The van der Waals surface area contributed by atoms with Crippen molar-refractivity contribution < 1.29 is 19.1 Å². The van der Waals surface area contributed by atoms with Gasteiger partial charge in [-0.2, -0.15) is 0 Å². The molecule has 2 saturated heterocycles. The van der Waals surface area contributed by atoms with E-state index in [9.17, 15) is 19.2 Å². The van der Waals surface area contributed by atoms with Gasteiger partial charge in [0.25, 0.3) is 5.91 Å². The van der Waals surface area contributed by atoms with Crippen LogP contribution in [0, 0.1) is 11.3 Å². The summed E-state index contributed by atoms with van der Waals surface area (Å²) in [5.41, 5.74) is 0.467. The van der Waals surface area contributed by atoms with Gasteiger partial charge in [-0.1, -0.05) is 39.0 Å². The van der Waals surface area contributed by atoms with Gasteiger partial charge in [-0.3, -0.25) is 19.2 Å². The molecule has 8 nitrogen and oxygen atoms in total. The standard InChI is InChI=1S/C21H25N3O5S/c1-10-8-24(15-13(25)9-29-16(10)15)19(27)17(21(2,3)4)23-18(26)11-5-6-12-14(7-11)30-20(28)22-12/h5-7,10,15-17H,8-9H2,1-4H3,(H,22,28)(H,23,26)/t10-,15+,16+,17+/m0/s1. The van der Waals surface area contributed by atoms with Gasteiger partial charge in [0.15, 0.2) is 5.78 Å². The summed E-state index contributed by atoms with van der Waals surface area (Å²) >= 11 is 1.03. The first-order chi connectivity index (χ1) is 14.1. The molecule has 0 spiro atoms. The second-order valence-corrected chi connectivity index (χ2v) is 10.2. The smallest absolute Gasteiger partial charge is 0.305 e. The van der Waals surface area contributed by atoms with Crippen molar-refractivity contribution >= 4 is 39.2 Å². The number of carbonyl (C=O) groups is 3. The second-order valence-electron chi connectivity index (χ2n) is 9.15. The number of hydrogen-bond acceptors (Lipinski definition) is 6. The van der Waals surface area contributed by atoms with Crippen LogP contribution >= 0.6 is 11.3 Å². The third-order valence-electron chi connectivity index (χ3n) is 5.80. The molecule has 0 bridgehead atoms. The molecule has 1 aromatic heterocycles. The van der Waals surface area contributed by atoms with Crippen molar-refractivity contribution in [3.8, 4) is 0 Å². The Balaban J connectivity index is 1.59. The highest BCUT2D eigenvalue weighted by Crippen LogP contribution is 2.33. The van der Waals surface area contributed by atoms with Crippen molar-refractivity contribution in [2.75, 3.05) is 13.2 Å². The van der Waals surface area contributed by atoms with Crippen molar-refractivity contribution in [1.29, 1.82) is 0 Å². The molecule has 0 radical (unpaired) electrons. The lowest BCUT2D eigenvalue weighted by atomic mass is 9.85. The largest absolute Gasteiger partial charge is 0.367 e. The number of thiazole rings is 1. The molecule has 160 valence electrons. The van der Waals surface area contributed by atoms with Gasteiger partial charge in [0.05, 0.1) is 16.3 Å². The molecule has 4 atom stereocenters. The first-order valence-corrected chi connectivity index (χ1v) is 10.8. The minimum Gasteiger partial charge on any atom is -0.367 e. The number of ketones is 1. The zero-order valence-electron chi connectivity index (χ0n) is 17.4. The lowest BCUT2D eigenvalue weighted by Gasteiger charge is -2.35. The second kappa shape index (κ2) is 7.31. The van der Waals surface area contributed by atoms with Gasteiger partial charge in [0, 0.05) is 18.0 Å². The number of carbonyl (C=O) groups excluding carboxylic acids is 3. The Morgan fingerprint density at radius 3 is 2.73 bits per heavy atom. The van der Waals surface area contributed by atoms with Crippen molar-refractivity contribution in [1.82, 2.24) is 15.2 Å². The van der Waals surface area contributed by atoms with Gasteiger partial charge in [-0.15, -0.1) is 0 Å². The van der Waals surface area contributed by atoms with Crippen molar-refractivity contribution in [2.24, 2.45) is 11.3 Å². The lowest BCUT2D eigenvalue weighted by Crippen LogP contribution is -2.57. The van der Waals surface area contributed by atoms with Gasteiger partial charge < -0.3 is 19.9 Å². The Labute approximate surface area is 177 Å². The Hall–Kier alpha value is -2.52. The number of amides is 2. The number of aromatic amines is 1. The van der Waals surface area contributed by atoms with E-state index in [4.69, 9.17) is 4.74 Å². The molecular formula is C21H25N3O5S. The lowest BCUT2D eigenvalue weighted by molar-refractivity contribution is -0.140. The van der Waals surface area contributed by atoms with Crippen LogP contribution < -0.4 is 10.2 Å². The van der Waals surface area contributed by atoms with Crippen molar-refractivity contribution in [3.63, 3.8) is 0 Å². The average Bonchev–Trinajstić information content (AvgIpc) is 3.32. The number of H-pyrrole nitrogens is 1. The molecule has 3 heterocycles. The van der Waals surface area contributed by atoms with Crippen LogP contribution in [0.25, 0.3) is 10.2 Å². The number of Topliss-reactive ketones (excluding diaryl/α,β-unsaturated/α-hetero) is 1. The van der Waals surface area contributed by atoms with E-state index in [1.165, 1.54) is 0 Å². The molecule has 2 aliphatic rings. The van der Waals surface area contributed by atoms with E-state index in [0.29, 0.717) is 22.3 Å². The minimum absolute atomic E-state index is 0.0234. The van der Waals surface area contributed by atoms with Gasteiger partial charge >= 0.3 is 4.87 Å². The number of nitrogens with one attached hydrogen (secondary N) is 2. The molecule has 2 fully saturated rings. The van der Waals surface area contributed by atoms with E-state index in [1.807, 2.05) is 27.7 Å². The van der Waals surface area contributed by atoms with Crippen LogP contribution in [0.4, 0.5) is 0 Å². The van der Waals surface area contributed by atoms with Crippen LogP contribution in [0.1, 0.15) is 38.1 Å². The highest BCUT2D eigenvalue weighted by Gasteiger charge is 2.52. The van der Waals surface area contributed by atoms with Gasteiger partial charge in [0.1, 0.15) is 18.7 Å². The molecular weight excluding hydrogens is 406 g/mol. The number of ether oxygens (including phenoxy) is 1. The Kier molecular flexibility index (Phi) is 5.06. The fourth-order valence-electron chi connectivity index (χ4n) is 4.24. The monoisotopic (exact) mass is 431 g/mol. The number of rotatable bonds is 3. The Bertz CT molecular complexity index is 1080. The molecule has 2 N–H and O–H groups in total. The van der Waals surface area contributed by atoms with Crippen LogP contribution in [0.2, 0.25) is 0 Å². The van der Waals surface area contributed by atoms with E-state index in [2.05, 4.69) is 10.3 Å². The van der Waals surface area contributed by atoms with Gasteiger partial charge in [0.2, 0.25) is 5.91 Å². The number of nitrogens with zero attached hydrogens (tertiary/aromatic N) is 1. The fraction of sp³-hybridized carbons (Fsp3) is 0.524. The van der Waals surface area contributed by atoms with Crippen molar-refractivity contribution in [3.05, 3.63) is 33.4 Å². The maximum absolute atomic E-state index is 13.5. The molecule has 2 aliphatic heterocycles. The van der Waals surface area contributed by atoms with E-state index >= 15 is 0 Å². The summed E-state index contributed by atoms with van der Waals surface area (Å²) < 4.78 is 6.26. The summed E-state index contributed by atoms with van der Waals surface area (Å²) in [5.74, 6) is -0.713. The van der Waals surface area contributed by atoms with Crippen LogP contribution in [0.3, 0.4) is 0 Å². The topological polar surface area (TPSA) is 109 Å². The summed E-state index contributed by atoms with van der Waals surface area (Å²) in [4.78, 5) is 54.4. The molecule has 1 aromatic carbocycles. The molecule has 9 heteroatoms. The maximum atomic E-state index is 13.5. The van der Waals surface area contributed by atoms with E-state index in [0.717, 1.165) is 11.3 Å². The SMILES string of the molecule is C[C@H]1CN(C(=O)[C@@H](NC(=O)c2ccc3[nH]c(=O)sc3c2)C(C)(C)C)[C@@H]2C(=O)CO[C@@H]21. The third-order valence-corrected chi connectivity index (χ3v) is 6.64. The van der Waals surface area contributed by atoms with Crippen LogP contribution in [-0.2, 0) is 14.3 Å². The first-order valence-electron chi connectivity index (χ1n) is 9.95. The predicted molar refractivity (Wildman–Crippen MR) is 113 cm³/mol. The molecule has 0 aliphatic carbocycles. The van der Waals surface area contributed by atoms with Crippen LogP contribution in [0.15, 0.2) is 23.0 Å². The number of fused-ring (bicyclic) bond motifs is 2. The summed E-state index contributed by atoms with van der Waals surface area (Å²) in [6.07, 6.45) is -0.281. The quantitative estimate of drug-likeness (QED) is 0.767. The molecule has 2 aromatic rings. The molecule has 30 heavy (non-hydrogen) atoms. The molecule has 2 amide bonds. The number of likely N-dealkylation sites (tertiary alicyclic amines) is 1. The van der Waals surface area contributed by atoms with Crippen LogP contribution in [-0.4, -0.2) is 58.8 Å². The predicted octanol–water partition coefficient (Wildman–Crippen LogP) is 1.55. The fourth-order valence-corrected chi connectivity index (χ4v) is 5.01. The zero-order valence-corrected chi connectivity index (χ0v) is 18.2. The molecule has 4 rings (SSSR count). The normalized spacial score (nSPS) is 24.9. The highest BCUT2D eigenvalue weighted by atomic mass is 32.1. The Morgan fingerprint density at radius 1 is 1.30 bits per heavy atom. The number of benzene rings is 1. The van der Waals surface area contributed by atoms with Gasteiger partial charge in [-0.05, 0) is 23.6 Å². The summed E-state index contributed by atoms with van der Waals surface area (Å²) in [6.45, 7) is 8.04. The minimum atomic E-state index is -0.815. The summed E-state index contributed by atoms with van der Waals surface area (Å²) in [7, 11) is 0. The van der Waals surface area contributed by atoms with E-state index < -0.39 is 23.4 Å². The van der Waals surface area contributed by atoms with Crippen LogP contribution in [0.5, 0.6) is 0 Å². The highest BCUT2D eigenvalue weighted by molar-refractivity contribution is 7.16. The maximum Gasteiger partial charge on any atom is 0.305 e. The summed E-state index contributed by atoms with van der Waals surface area (Å²) in [5, 5.41) is 2.87. The zero-order chi connectivity index (χ0) is 21.8. The van der Waals surface area contributed by atoms with E-state index in [-0.39, 0.29) is 35.2 Å². The Morgan fingerprint density at radius 2 is 2.03 bits per heavy atom. The summed E-state index contributed by atoms with van der Waals surface area (Å²) in [6, 6.07) is 3.54. The number of hydrogen-bond donors (Lipinski definition) is 2. The third kappa shape index (κ3) is 3.56. The van der Waals surface area contributed by atoms with Gasteiger partial charge in [-0.25, -0.2) is 0 Å². The molecule has 0 unspecified atom stereocenters. The van der Waals surface area contributed by atoms with Crippen molar-refractivity contribution in [2.45, 2.75) is 45.9 Å².